The quantitative estimate of drug-likeness (QED) is 0.582. The molecule has 0 unspecified atom stereocenters. The molecule has 0 heterocycles. The van der Waals surface area contributed by atoms with E-state index in [9.17, 15) is 9.59 Å². The Hall–Kier alpha value is -3.54. The minimum atomic E-state index is -0.316. The van der Waals surface area contributed by atoms with Crippen LogP contribution < -0.4 is 20.1 Å². The Morgan fingerprint density at radius 1 is 0.933 bits per heavy atom. The fraction of sp³-hybridized carbons (Fsp3) is 0.250. The van der Waals surface area contributed by atoms with Gasteiger partial charge in [0.25, 0.3) is 11.8 Å². The molecule has 30 heavy (non-hydrogen) atoms. The van der Waals surface area contributed by atoms with Crippen LogP contribution in [0.25, 0.3) is 10.8 Å². The Morgan fingerprint density at radius 2 is 1.60 bits per heavy atom. The van der Waals surface area contributed by atoms with E-state index < -0.39 is 0 Å². The molecule has 0 aliphatic heterocycles. The zero-order valence-electron chi connectivity index (χ0n) is 17.4. The monoisotopic (exact) mass is 406 g/mol. The zero-order valence-corrected chi connectivity index (χ0v) is 17.4. The minimum Gasteiger partial charge on any atom is -0.494 e. The van der Waals surface area contributed by atoms with Crippen LogP contribution in [0.5, 0.6) is 11.5 Å². The number of hydrogen-bond donors (Lipinski definition) is 2. The van der Waals surface area contributed by atoms with Crippen molar-refractivity contribution in [3.8, 4) is 11.5 Å². The highest BCUT2D eigenvalue weighted by Crippen LogP contribution is 2.27. The molecule has 0 saturated carbocycles. The van der Waals surface area contributed by atoms with Gasteiger partial charge in [-0.15, -0.1) is 0 Å². The molecular weight excluding hydrogens is 380 g/mol. The average molecular weight is 406 g/mol. The number of carbonyl (C=O) groups is 2. The van der Waals surface area contributed by atoms with Gasteiger partial charge in [0.1, 0.15) is 11.5 Å². The molecule has 0 fully saturated rings. The summed E-state index contributed by atoms with van der Waals surface area (Å²) in [6.07, 6.45) is 0. The maximum atomic E-state index is 13.0. The van der Waals surface area contributed by atoms with Crippen LogP contribution in [0.2, 0.25) is 0 Å². The molecule has 3 aromatic carbocycles. The Labute approximate surface area is 176 Å². The van der Waals surface area contributed by atoms with E-state index in [1.165, 1.54) is 0 Å². The molecule has 156 valence electrons. The van der Waals surface area contributed by atoms with Gasteiger partial charge in [0.15, 0.2) is 6.61 Å². The maximum absolute atomic E-state index is 13.0. The van der Waals surface area contributed by atoms with Crippen molar-refractivity contribution in [2.75, 3.05) is 18.5 Å². The number of amides is 2. The average Bonchev–Trinajstić information content (AvgIpc) is 2.72. The van der Waals surface area contributed by atoms with Gasteiger partial charge >= 0.3 is 0 Å². The number of hydrogen-bond acceptors (Lipinski definition) is 4. The largest absolute Gasteiger partial charge is 0.494 e. The molecule has 0 bridgehead atoms. The van der Waals surface area contributed by atoms with Gasteiger partial charge in [-0.25, -0.2) is 0 Å². The highest BCUT2D eigenvalue weighted by atomic mass is 16.5. The van der Waals surface area contributed by atoms with Gasteiger partial charge in [0, 0.05) is 11.7 Å². The minimum absolute atomic E-state index is 0.0140. The normalized spacial score (nSPS) is 10.7. The summed E-state index contributed by atoms with van der Waals surface area (Å²) in [5.74, 6) is 0.539. The lowest BCUT2D eigenvalue weighted by Gasteiger charge is -2.14. The van der Waals surface area contributed by atoms with Crippen molar-refractivity contribution in [1.29, 1.82) is 0 Å². The summed E-state index contributed by atoms with van der Waals surface area (Å²) in [7, 11) is 0. The fourth-order valence-corrected chi connectivity index (χ4v) is 3.02. The molecule has 0 aliphatic rings. The first-order valence-corrected chi connectivity index (χ1v) is 9.95. The number of nitrogens with one attached hydrogen (secondary N) is 2. The van der Waals surface area contributed by atoms with E-state index in [0.29, 0.717) is 23.6 Å². The number of ether oxygens (including phenoxy) is 2. The van der Waals surface area contributed by atoms with Gasteiger partial charge in [0.2, 0.25) is 0 Å². The van der Waals surface area contributed by atoms with Gasteiger partial charge in [-0.2, -0.15) is 0 Å². The molecule has 6 heteroatoms. The van der Waals surface area contributed by atoms with Crippen molar-refractivity contribution in [2.45, 2.75) is 26.8 Å². The topological polar surface area (TPSA) is 76.7 Å². The van der Waals surface area contributed by atoms with Crippen LogP contribution in [0.3, 0.4) is 0 Å². The standard InChI is InChI=1S/C24H26N2O4/c1-4-29-20-11-9-19(10-12-20)26-24(28)21-13-17-7-5-6-8-18(17)14-22(21)30-15-23(27)25-16(2)3/h5-14,16H,4,15H2,1-3H3,(H,25,27)(H,26,28). The lowest BCUT2D eigenvalue weighted by atomic mass is 10.1. The molecular formula is C24H26N2O4. The van der Waals surface area contributed by atoms with Gasteiger partial charge in [-0.1, -0.05) is 24.3 Å². The number of benzene rings is 3. The third-order valence-corrected chi connectivity index (χ3v) is 4.32. The molecule has 0 saturated heterocycles. The number of carbonyl (C=O) groups excluding carboxylic acids is 2. The Kier molecular flexibility index (Phi) is 6.91. The van der Waals surface area contributed by atoms with E-state index in [-0.39, 0.29) is 24.5 Å². The predicted molar refractivity (Wildman–Crippen MR) is 118 cm³/mol. The first-order chi connectivity index (χ1) is 14.5. The van der Waals surface area contributed by atoms with Crippen molar-refractivity contribution in [1.82, 2.24) is 5.32 Å². The highest BCUT2D eigenvalue weighted by molar-refractivity contribution is 6.08. The van der Waals surface area contributed by atoms with Crippen LogP contribution in [0, 0.1) is 0 Å². The van der Waals surface area contributed by atoms with Crippen molar-refractivity contribution in [2.24, 2.45) is 0 Å². The van der Waals surface area contributed by atoms with Crippen LogP contribution in [0.15, 0.2) is 60.7 Å². The molecule has 6 nitrogen and oxygen atoms in total. The van der Waals surface area contributed by atoms with Gasteiger partial charge < -0.3 is 20.1 Å². The summed E-state index contributed by atoms with van der Waals surface area (Å²) in [4.78, 5) is 25.0. The Balaban J connectivity index is 1.84. The van der Waals surface area contributed by atoms with Gasteiger partial charge in [0.05, 0.1) is 12.2 Å². The second kappa shape index (κ2) is 9.78. The Morgan fingerprint density at radius 3 is 2.23 bits per heavy atom. The molecule has 2 amide bonds. The molecule has 0 atom stereocenters. The maximum Gasteiger partial charge on any atom is 0.259 e. The molecule has 3 rings (SSSR count). The van der Waals surface area contributed by atoms with E-state index in [2.05, 4.69) is 10.6 Å². The van der Waals surface area contributed by atoms with E-state index in [0.717, 1.165) is 16.5 Å². The van der Waals surface area contributed by atoms with Crippen LogP contribution in [0.4, 0.5) is 5.69 Å². The summed E-state index contributed by atoms with van der Waals surface area (Å²) in [5.41, 5.74) is 1.00. The van der Waals surface area contributed by atoms with Crippen molar-refractivity contribution in [3.63, 3.8) is 0 Å². The zero-order chi connectivity index (χ0) is 21.5. The Bertz CT molecular complexity index is 1030. The predicted octanol–water partition coefficient (Wildman–Crippen LogP) is 4.39. The third kappa shape index (κ3) is 5.50. The lowest BCUT2D eigenvalue weighted by molar-refractivity contribution is -0.123. The van der Waals surface area contributed by atoms with Crippen molar-refractivity contribution in [3.05, 3.63) is 66.2 Å². The van der Waals surface area contributed by atoms with E-state index in [4.69, 9.17) is 9.47 Å². The van der Waals surface area contributed by atoms with Crippen LogP contribution in [-0.4, -0.2) is 31.1 Å². The van der Waals surface area contributed by atoms with E-state index in [1.54, 1.807) is 36.4 Å². The second-order valence-corrected chi connectivity index (χ2v) is 7.12. The second-order valence-electron chi connectivity index (χ2n) is 7.12. The third-order valence-electron chi connectivity index (χ3n) is 4.32. The molecule has 0 spiro atoms. The number of rotatable bonds is 8. The van der Waals surface area contributed by atoms with Crippen molar-refractivity contribution < 1.29 is 19.1 Å². The van der Waals surface area contributed by atoms with Crippen LogP contribution >= 0.6 is 0 Å². The molecule has 0 radical (unpaired) electrons. The van der Waals surface area contributed by atoms with E-state index in [1.807, 2.05) is 45.0 Å². The van der Waals surface area contributed by atoms with Crippen LogP contribution in [-0.2, 0) is 4.79 Å². The molecule has 0 aromatic heterocycles. The SMILES string of the molecule is CCOc1ccc(NC(=O)c2cc3ccccc3cc2OCC(=O)NC(C)C)cc1. The smallest absolute Gasteiger partial charge is 0.259 e. The molecule has 2 N–H and O–H groups in total. The molecule has 0 aliphatic carbocycles. The summed E-state index contributed by atoms with van der Waals surface area (Å²) in [5, 5.41) is 7.49. The molecule has 3 aromatic rings. The summed E-state index contributed by atoms with van der Waals surface area (Å²) >= 11 is 0. The lowest BCUT2D eigenvalue weighted by Crippen LogP contribution is -2.34. The first-order valence-electron chi connectivity index (χ1n) is 9.95. The summed E-state index contributed by atoms with van der Waals surface area (Å²) < 4.78 is 11.2. The summed E-state index contributed by atoms with van der Waals surface area (Å²) in [6.45, 7) is 6.08. The number of fused-ring (bicyclic) bond motifs is 1. The first kappa shape index (κ1) is 21.2. The highest BCUT2D eigenvalue weighted by Gasteiger charge is 2.16. The van der Waals surface area contributed by atoms with Gasteiger partial charge in [-0.05, 0) is 67.9 Å². The van der Waals surface area contributed by atoms with Gasteiger partial charge in [-0.3, -0.25) is 9.59 Å². The van der Waals surface area contributed by atoms with Crippen molar-refractivity contribution >= 4 is 28.3 Å². The van der Waals surface area contributed by atoms with E-state index >= 15 is 0 Å². The fourth-order valence-electron chi connectivity index (χ4n) is 3.02. The summed E-state index contributed by atoms with van der Waals surface area (Å²) in [6, 6.07) is 18.4. The van der Waals surface area contributed by atoms with Crippen LogP contribution in [0.1, 0.15) is 31.1 Å². The number of anilines is 1.